The fourth-order valence-electron chi connectivity index (χ4n) is 2.46. The number of hydrogen-bond acceptors (Lipinski definition) is 3. The van der Waals surface area contributed by atoms with E-state index in [9.17, 15) is 4.39 Å². The zero-order chi connectivity index (χ0) is 14.5. The van der Waals surface area contributed by atoms with Crippen LogP contribution in [-0.4, -0.2) is 25.8 Å². The Morgan fingerprint density at radius 3 is 2.57 bits per heavy atom. The van der Waals surface area contributed by atoms with Crippen LogP contribution in [0.1, 0.15) is 10.8 Å². The molecule has 0 aliphatic carbocycles. The minimum Gasteiger partial charge on any atom is -0.374 e. The molecule has 2 aromatic rings. The normalized spacial score (nSPS) is 20.1. The Labute approximate surface area is 128 Å². The van der Waals surface area contributed by atoms with Gasteiger partial charge < -0.3 is 10.1 Å². The summed E-state index contributed by atoms with van der Waals surface area (Å²) in [6.45, 7) is 2.37. The minimum absolute atomic E-state index is 0.0470. The lowest BCUT2D eigenvalue weighted by atomic mass is 10.1. The molecule has 1 aliphatic heterocycles. The molecule has 2 aromatic carbocycles. The van der Waals surface area contributed by atoms with Crippen molar-refractivity contribution in [2.24, 2.45) is 0 Å². The summed E-state index contributed by atoms with van der Waals surface area (Å²) in [7, 11) is 0. The third-order valence-electron chi connectivity index (χ3n) is 3.51. The summed E-state index contributed by atoms with van der Waals surface area (Å²) in [5.74, 6) is -0.174. The second-order valence-corrected chi connectivity index (χ2v) is 6.18. The quantitative estimate of drug-likeness (QED) is 0.871. The number of rotatable bonds is 4. The average molecular weight is 303 g/mol. The molecule has 1 fully saturated rings. The van der Waals surface area contributed by atoms with Crippen molar-refractivity contribution in [2.45, 2.75) is 16.2 Å². The van der Waals surface area contributed by atoms with Crippen molar-refractivity contribution in [1.82, 2.24) is 5.32 Å². The molecule has 21 heavy (non-hydrogen) atoms. The first-order valence-electron chi connectivity index (χ1n) is 7.13. The van der Waals surface area contributed by atoms with E-state index in [4.69, 9.17) is 4.74 Å². The van der Waals surface area contributed by atoms with Crippen LogP contribution in [0.4, 0.5) is 4.39 Å². The standard InChI is InChI=1S/C17H18FNOS/c18-14-8-4-5-9-16(14)21-17(13-6-2-1-3-7-13)15-12-19-10-11-20-15/h1-9,15,17,19H,10-12H2/t15-,17?/m0/s1. The number of halogens is 1. The first kappa shape index (κ1) is 14.6. The van der Waals surface area contributed by atoms with E-state index in [0.717, 1.165) is 13.1 Å². The molecule has 0 amide bonds. The Balaban J connectivity index is 1.87. The monoisotopic (exact) mass is 303 g/mol. The van der Waals surface area contributed by atoms with Gasteiger partial charge in [-0.3, -0.25) is 0 Å². The molecule has 2 nitrogen and oxygen atoms in total. The number of thioether (sulfide) groups is 1. The van der Waals surface area contributed by atoms with Gasteiger partial charge in [0.15, 0.2) is 0 Å². The summed E-state index contributed by atoms with van der Waals surface area (Å²) in [6, 6.07) is 17.1. The molecule has 0 aromatic heterocycles. The Kier molecular flexibility index (Phi) is 4.91. The zero-order valence-corrected chi connectivity index (χ0v) is 12.5. The van der Waals surface area contributed by atoms with E-state index >= 15 is 0 Å². The maximum atomic E-state index is 14.0. The fraction of sp³-hybridized carbons (Fsp3) is 0.294. The Bertz CT molecular complexity index is 572. The summed E-state index contributed by atoms with van der Waals surface area (Å²) < 4.78 is 19.9. The lowest BCUT2D eigenvalue weighted by Crippen LogP contribution is -2.41. The van der Waals surface area contributed by atoms with Crippen molar-refractivity contribution in [1.29, 1.82) is 0 Å². The Morgan fingerprint density at radius 1 is 1.10 bits per heavy atom. The fourth-order valence-corrected chi connectivity index (χ4v) is 3.69. The van der Waals surface area contributed by atoms with Gasteiger partial charge in [-0.15, -0.1) is 11.8 Å². The molecule has 0 bridgehead atoms. The van der Waals surface area contributed by atoms with Gasteiger partial charge in [-0.1, -0.05) is 42.5 Å². The maximum absolute atomic E-state index is 14.0. The maximum Gasteiger partial charge on any atom is 0.136 e. The van der Waals surface area contributed by atoms with Crippen LogP contribution >= 0.6 is 11.8 Å². The summed E-state index contributed by atoms with van der Waals surface area (Å²) in [5.41, 5.74) is 1.17. The highest BCUT2D eigenvalue weighted by atomic mass is 32.2. The highest BCUT2D eigenvalue weighted by Crippen LogP contribution is 2.40. The highest BCUT2D eigenvalue weighted by Gasteiger charge is 2.27. The molecule has 110 valence electrons. The van der Waals surface area contributed by atoms with Crippen molar-refractivity contribution in [3.63, 3.8) is 0 Å². The molecule has 2 atom stereocenters. The summed E-state index contributed by atoms with van der Waals surface area (Å²) in [5, 5.41) is 3.43. The molecule has 0 spiro atoms. The number of nitrogens with one attached hydrogen (secondary N) is 1. The van der Waals surface area contributed by atoms with E-state index in [0.29, 0.717) is 11.5 Å². The van der Waals surface area contributed by atoms with Crippen molar-refractivity contribution in [2.75, 3.05) is 19.7 Å². The van der Waals surface area contributed by atoms with Crippen molar-refractivity contribution in [3.05, 3.63) is 66.0 Å². The molecule has 0 radical (unpaired) electrons. The van der Waals surface area contributed by atoms with Crippen LogP contribution in [0.3, 0.4) is 0 Å². The first-order chi connectivity index (χ1) is 10.3. The third-order valence-corrected chi connectivity index (χ3v) is 4.93. The van der Waals surface area contributed by atoms with Crippen LogP contribution in [0.15, 0.2) is 59.5 Å². The van der Waals surface area contributed by atoms with Gasteiger partial charge in [-0.05, 0) is 17.7 Å². The molecule has 0 saturated carbocycles. The molecule has 1 saturated heterocycles. The van der Waals surface area contributed by atoms with E-state index in [1.807, 2.05) is 30.3 Å². The lowest BCUT2D eigenvalue weighted by molar-refractivity contribution is 0.0273. The summed E-state index contributed by atoms with van der Waals surface area (Å²) in [4.78, 5) is 0.667. The Morgan fingerprint density at radius 2 is 1.86 bits per heavy atom. The molecule has 1 heterocycles. The first-order valence-corrected chi connectivity index (χ1v) is 8.01. The topological polar surface area (TPSA) is 21.3 Å². The van der Waals surface area contributed by atoms with E-state index in [-0.39, 0.29) is 17.2 Å². The number of morpholine rings is 1. The third kappa shape index (κ3) is 3.64. The van der Waals surface area contributed by atoms with Gasteiger partial charge in [0.2, 0.25) is 0 Å². The van der Waals surface area contributed by atoms with Crippen LogP contribution in [-0.2, 0) is 4.74 Å². The number of benzene rings is 2. The lowest BCUT2D eigenvalue weighted by Gasteiger charge is -2.31. The van der Waals surface area contributed by atoms with Crippen molar-refractivity contribution >= 4 is 11.8 Å². The smallest absolute Gasteiger partial charge is 0.136 e. The van der Waals surface area contributed by atoms with Crippen molar-refractivity contribution < 1.29 is 9.13 Å². The van der Waals surface area contributed by atoms with Crippen LogP contribution < -0.4 is 5.32 Å². The molecular formula is C17H18FNOS. The predicted octanol–water partition coefficient (Wildman–Crippen LogP) is 3.65. The molecule has 1 N–H and O–H groups in total. The molecule has 4 heteroatoms. The molecule has 1 unspecified atom stereocenters. The number of hydrogen-bond donors (Lipinski definition) is 1. The van der Waals surface area contributed by atoms with E-state index in [1.54, 1.807) is 6.07 Å². The van der Waals surface area contributed by atoms with Crippen LogP contribution in [0.2, 0.25) is 0 Å². The molecular weight excluding hydrogens is 285 g/mol. The van der Waals surface area contributed by atoms with Gasteiger partial charge in [0, 0.05) is 18.0 Å². The molecule has 1 aliphatic rings. The van der Waals surface area contributed by atoms with E-state index in [1.165, 1.54) is 23.4 Å². The van der Waals surface area contributed by atoms with Crippen molar-refractivity contribution in [3.8, 4) is 0 Å². The second-order valence-electron chi connectivity index (χ2n) is 4.99. The highest BCUT2D eigenvalue weighted by molar-refractivity contribution is 7.99. The van der Waals surface area contributed by atoms with Gasteiger partial charge in [0.25, 0.3) is 0 Å². The van der Waals surface area contributed by atoms with Gasteiger partial charge in [-0.25, -0.2) is 4.39 Å². The SMILES string of the molecule is Fc1ccccc1SC(c1ccccc1)[C@@H]1CNCCO1. The summed E-state index contributed by atoms with van der Waals surface area (Å²) >= 11 is 1.53. The van der Waals surface area contributed by atoms with Crippen LogP contribution in [0, 0.1) is 5.82 Å². The average Bonchev–Trinajstić information content (AvgIpc) is 2.56. The van der Waals surface area contributed by atoms with E-state index < -0.39 is 0 Å². The predicted molar refractivity (Wildman–Crippen MR) is 84.0 cm³/mol. The molecule has 3 rings (SSSR count). The van der Waals surface area contributed by atoms with Crippen LogP contribution in [0.5, 0.6) is 0 Å². The van der Waals surface area contributed by atoms with Crippen LogP contribution in [0.25, 0.3) is 0 Å². The summed E-state index contributed by atoms with van der Waals surface area (Å²) in [6.07, 6.45) is 0.0470. The second kappa shape index (κ2) is 7.07. The van der Waals surface area contributed by atoms with Gasteiger partial charge in [-0.2, -0.15) is 0 Å². The van der Waals surface area contributed by atoms with Gasteiger partial charge >= 0.3 is 0 Å². The van der Waals surface area contributed by atoms with Gasteiger partial charge in [0.1, 0.15) is 5.82 Å². The largest absolute Gasteiger partial charge is 0.374 e. The zero-order valence-electron chi connectivity index (χ0n) is 11.7. The Hall–Kier alpha value is -1.36. The van der Waals surface area contributed by atoms with E-state index in [2.05, 4.69) is 17.4 Å². The minimum atomic E-state index is -0.174. The van der Waals surface area contributed by atoms with Gasteiger partial charge in [0.05, 0.1) is 18.0 Å². The number of ether oxygens (including phenoxy) is 1.